The zero-order chi connectivity index (χ0) is 9.38. The van der Waals surface area contributed by atoms with Gasteiger partial charge in [-0.05, 0) is 12.1 Å². The zero-order valence-electron chi connectivity index (χ0n) is 7.23. The predicted octanol–water partition coefficient (Wildman–Crippen LogP) is 1.35. The van der Waals surface area contributed by atoms with Crippen LogP contribution in [0.5, 0.6) is 0 Å². The van der Waals surface area contributed by atoms with Crippen molar-refractivity contribution >= 4 is 11.0 Å². The number of nitrogens with zero attached hydrogens (tertiary/aromatic N) is 3. The SMILES string of the molecule is c1cc(-c2ncnc3[nH]ccc23)[nH]n1. The van der Waals surface area contributed by atoms with Crippen LogP contribution in [0.2, 0.25) is 0 Å². The first kappa shape index (κ1) is 7.25. The Morgan fingerprint density at radius 2 is 2.14 bits per heavy atom. The van der Waals surface area contributed by atoms with E-state index < -0.39 is 0 Å². The van der Waals surface area contributed by atoms with Crippen molar-refractivity contribution in [1.82, 2.24) is 25.1 Å². The molecule has 0 aliphatic heterocycles. The van der Waals surface area contributed by atoms with Crippen LogP contribution in [-0.2, 0) is 0 Å². The van der Waals surface area contributed by atoms with Crippen molar-refractivity contribution in [1.29, 1.82) is 0 Å². The van der Waals surface area contributed by atoms with Gasteiger partial charge < -0.3 is 4.98 Å². The number of aromatic amines is 2. The summed E-state index contributed by atoms with van der Waals surface area (Å²) in [5, 5.41) is 7.77. The van der Waals surface area contributed by atoms with E-state index in [1.807, 2.05) is 18.3 Å². The summed E-state index contributed by atoms with van der Waals surface area (Å²) in [4.78, 5) is 11.4. The molecule has 0 fully saturated rings. The minimum absolute atomic E-state index is 0.838. The molecule has 5 heteroatoms. The van der Waals surface area contributed by atoms with Gasteiger partial charge in [-0.25, -0.2) is 9.97 Å². The molecule has 3 aromatic heterocycles. The lowest BCUT2D eigenvalue weighted by Crippen LogP contribution is -1.87. The third-order valence-electron chi connectivity index (χ3n) is 2.11. The Labute approximate surface area is 79.2 Å². The second-order valence-corrected chi connectivity index (χ2v) is 2.93. The maximum Gasteiger partial charge on any atom is 0.141 e. The van der Waals surface area contributed by atoms with Gasteiger partial charge in [-0.15, -0.1) is 0 Å². The molecule has 0 radical (unpaired) electrons. The molecule has 3 rings (SSSR count). The van der Waals surface area contributed by atoms with Crippen molar-refractivity contribution in [3.63, 3.8) is 0 Å². The lowest BCUT2D eigenvalue weighted by molar-refractivity contribution is 1.08. The zero-order valence-corrected chi connectivity index (χ0v) is 7.23. The molecule has 3 aromatic rings. The largest absolute Gasteiger partial charge is 0.346 e. The van der Waals surface area contributed by atoms with Crippen LogP contribution in [0.15, 0.2) is 30.9 Å². The predicted molar refractivity (Wildman–Crippen MR) is 51.5 cm³/mol. The van der Waals surface area contributed by atoms with Crippen LogP contribution < -0.4 is 0 Å². The first-order valence-electron chi connectivity index (χ1n) is 4.23. The fraction of sp³-hybridized carbons (Fsp3) is 0. The molecule has 3 heterocycles. The van der Waals surface area contributed by atoms with Gasteiger partial charge >= 0.3 is 0 Å². The Kier molecular flexibility index (Phi) is 1.38. The van der Waals surface area contributed by atoms with E-state index in [2.05, 4.69) is 25.1 Å². The molecule has 0 amide bonds. The minimum Gasteiger partial charge on any atom is -0.346 e. The molecule has 0 spiro atoms. The first-order valence-corrected chi connectivity index (χ1v) is 4.23. The molecule has 0 aliphatic rings. The molecule has 2 N–H and O–H groups in total. The van der Waals surface area contributed by atoms with Gasteiger partial charge in [0.15, 0.2) is 0 Å². The van der Waals surface area contributed by atoms with Crippen LogP contribution in [0.25, 0.3) is 22.4 Å². The van der Waals surface area contributed by atoms with E-state index in [0.29, 0.717) is 0 Å². The highest BCUT2D eigenvalue weighted by molar-refractivity contribution is 5.89. The maximum atomic E-state index is 4.22. The number of aromatic nitrogens is 5. The molecule has 0 aliphatic carbocycles. The van der Waals surface area contributed by atoms with Crippen LogP contribution in [0.4, 0.5) is 0 Å². The smallest absolute Gasteiger partial charge is 0.141 e. The number of hydrogen-bond donors (Lipinski definition) is 2. The van der Waals surface area contributed by atoms with Crippen molar-refractivity contribution < 1.29 is 0 Å². The standard InChI is InChI=1S/C9H7N5/c1-3-10-9-6(1)8(11-5-12-9)7-2-4-13-14-7/h1-5H,(H,13,14)(H,10,11,12). The molecular formula is C9H7N5. The minimum atomic E-state index is 0.838. The second-order valence-electron chi connectivity index (χ2n) is 2.93. The Morgan fingerprint density at radius 3 is 3.00 bits per heavy atom. The molecule has 0 bridgehead atoms. The van der Waals surface area contributed by atoms with Gasteiger partial charge in [-0.2, -0.15) is 5.10 Å². The molecule has 0 atom stereocenters. The van der Waals surface area contributed by atoms with Gasteiger partial charge in [-0.1, -0.05) is 0 Å². The molecule has 0 unspecified atom stereocenters. The van der Waals surface area contributed by atoms with Gasteiger partial charge in [0.25, 0.3) is 0 Å². The summed E-state index contributed by atoms with van der Waals surface area (Å²) in [6.07, 6.45) is 5.09. The highest BCUT2D eigenvalue weighted by Crippen LogP contribution is 2.21. The highest BCUT2D eigenvalue weighted by Gasteiger charge is 2.06. The summed E-state index contributed by atoms with van der Waals surface area (Å²) in [5.41, 5.74) is 2.61. The van der Waals surface area contributed by atoms with Gasteiger partial charge in [0.1, 0.15) is 17.7 Å². The summed E-state index contributed by atoms with van der Waals surface area (Å²) >= 11 is 0. The molecule has 5 nitrogen and oxygen atoms in total. The number of nitrogens with one attached hydrogen (secondary N) is 2. The third kappa shape index (κ3) is 0.922. The third-order valence-corrected chi connectivity index (χ3v) is 2.11. The molecule has 0 aromatic carbocycles. The van der Waals surface area contributed by atoms with Crippen LogP contribution in [0, 0.1) is 0 Å². The van der Waals surface area contributed by atoms with Crippen LogP contribution in [-0.4, -0.2) is 25.1 Å². The number of rotatable bonds is 1. The summed E-state index contributed by atoms with van der Waals surface area (Å²) in [7, 11) is 0. The van der Waals surface area contributed by atoms with Gasteiger partial charge in [0.05, 0.1) is 5.69 Å². The molecule has 68 valence electrons. The van der Waals surface area contributed by atoms with Gasteiger partial charge in [0.2, 0.25) is 0 Å². The van der Waals surface area contributed by atoms with Crippen molar-refractivity contribution in [2.45, 2.75) is 0 Å². The Hall–Kier alpha value is -2.17. The van der Waals surface area contributed by atoms with Gasteiger partial charge in [-0.3, -0.25) is 5.10 Å². The van der Waals surface area contributed by atoms with Crippen LogP contribution >= 0.6 is 0 Å². The fourth-order valence-electron chi connectivity index (χ4n) is 1.47. The van der Waals surface area contributed by atoms with E-state index >= 15 is 0 Å². The van der Waals surface area contributed by atoms with Crippen molar-refractivity contribution in [3.8, 4) is 11.4 Å². The normalized spacial score (nSPS) is 10.9. The lowest BCUT2D eigenvalue weighted by Gasteiger charge is -1.96. The summed E-state index contributed by atoms with van der Waals surface area (Å²) in [6, 6.07) is 3.83. The lowest BCUT2D eigenvalue weighted by atomic mass is 10.2. The second kappa shape index (κ2) is 2.66. The average molecular weight is 185 g/mol. The van der Waals surface area contributed by atoms with E-state index in [1.165, 1.54) is 6.33 Å². The van der Waals surface area contributed by atoms with E-state index in [4.69, 9.17) is 0 Å². The number of H-pyrrole nitrogens is 2. The fourth-order valence-corrected chi connectivity index (χ4v) is 1.47. The van der Waals surface area contributed by atoms with E-state index in [1.54, 1.807) is 6.20 Å². The monoisotopic (exact) mass is 185 g/mol. The van der Waals surface area contributed by atoms with Crippen molar-refractivity contribution in [2.24, 2.45) is 0 Å². The van der Waals surface area contributed by atoms with Crippen LogP contribution in [0.1, 0.15) is 0 Å². The molecule has 0 saturated carbocycles. The quantitative estimate of drug-likeness (QED) is 0.601. The Balaban J connectivity index is 2.36. The van der Waals surface area contributed by atoms with Gasteiger partial charge in [0, 0.05) is 17.8 Å². The van der Waals surface area contributed by atoms with Crippen molar-refractivity contribution in [3.05, 3.63) is 30.9 Å². The van der Waals surface area contributed by atoms with Crippen molar-refractivity contribution in [2.75, 3.05) is 0 Å². The van der Waals surface area contributed by atoms with E-state index in [0.717, 1.165) is 22.4 Å². The summed E-state index contributed by atoms with van der Waals surface area (Å²) < 4.78 is 0. The molecule has 0 saturated heterocycles. The topological polar surface area (TPSA) is 70.2 Å². The Morgan fingerprint density at radius 1 is 1.14 bits per heavy atom. The first-order chi connectivity index (χ1) is 6.95. The molecular weight excluding hydrogens is 178 g/mol. The number of fused-ring (bicyclic) bond motifs is 1. The van der Waals surface area contributed by atoms with Crippen LogP contribution in [0.3, 0.4) is 0 Å². The maximum absolute atomic E-state index is 4.22. The van der Waals surface area contributed by atoms with E-state index in [9.17, 15) is 0 Å². The van der Waals surface area contributed by atoms with E-state index in [-0.39, 0.29) is 0 Å². The average Bonchev–Trinajstić information content (AvgIpc) is 2.88. The molecule has 14 heavy (non-hydrogen) atoms. The summed E-state index contributed by atoms with van der Waals surface area (Å²) in [6.45, 7) is 0. The summed E-state index contributed by atoms with van der Waals surface area (Å²) in [5.74, 6) is 0. The number of hydrogen-bond acceptors (Lipinski definition) is 3. The Bertz CT molecular complexity index is 551. The highest BCUT2D eigenvalue weighted by atomic mass is 15.1.